The van der Waals surface area contributed by atoms with Crippen molar-refractivity contribution in [2.75, 3.05) is 17.2 Å². The van der Waals surface area contributed by atoms with Crippen LogP contribution in [-0.4, -0.2) is 36.3 Å². The fourth-order valence-electron chi connectivity index (χ4n) is 2.74. The number of benzene rings is 2. The highest BCUT2D eigenvalue weighted by Gasteiger charge is 2.28. The van der Waals surface area contributed by atoms with Gasteiger partial charge in [-0.05, 0) is 42.8 Å². The van der Waals surface area contributed by atoms with Crippen molar-refractivity contribution in [3.05, 3.63) is 59.1 Å². The van der Waals surface area contributed by atoms with E-state index in [1.165, 1.54) is 0 Å². The summed E-state index contributed by atoms with van der Waals surface area (Å²) >= 11 is 5.83. The van der Waals surface area contributed by atoms with E-state index in [2.05, 4.69) is 16.0 Å². The molecule has 0 bridgehead atoms. The maximum Gasteiger partial charge on any atom is 0.329 e. The number of nitrogens with one attached hydrogen (secondary N) is 3. The molecule has 1 aliphatic rings. The van der Waals surface area contributed by atoms with Crippen LogP contribution in [0.25, 0.3) is 0 Å². The van der Waals surface area contributed by atoms with Gasteiger partial charge in [0.1, 0.15) is 6.04 Å². The topological polar surface area (TPSA) is 114 Å². The van der Waals surface area contributed by atoms with Gasteiger partial charge in [-0.3, -0.25) is 14.4 Å². The van der Waals surface area contributed by atoms with Gasteiger partial charge in [-0.25, -0.2) is 4.79 Å². The average molecular weight is 416 g/mol. The van der Waals surface area contributed by atoms with Gasteiger partial charge < -0.3 is 20.7 Å². The third-order valence-corrected chi connectivity index (χ3v) is 4.43. The molecule has 9 heteroatoms. The molecule has 0 aromatic heterocycles. The Bertz CT molecular complexity index is 945. The quantitative estimate of drug-likeness (QED) is 0.627. The third kappa shape index (κ3) is 5.55. The van der Waals surface area contributed by atoms with Gasteiger partial charge in [0.2, 0.25) is 5.91 Å². The second-order valence-corrected chi connectivity index (χ2v) is 6.76. The molecule has 29 heavy (non-hydrogen) atoms. The summed E-state index contributed by atoms with van der Waals surface area (Å²) in [7, 11) is 0. The van der Waals surface area contributed by atoms with Crippen LogP contribution >= 0.6 is 11.6 Å². The van der Waals surface area contributed by atoms with Gasteiger partial charge in [-0.1, -0.05) is 23.7 Å². The van der Waals surface area contributed by atoms with Gasteiger partial charge in [0.05, 0.1) is 11.3 Å². The summed E-state index contributed by atoms with van der Waals surface area (Å²) < 4.78 is 4.94. The van der Waals surface area contributed by atoms with Gasteiger partial charge in [-0.2, -0.15) is 0 Å². The molecule has 0 spiro atoms. The molecular weight excluding hydrogens is 398 g/mol. The largest absolute Gasteiger partial charge is 0.454 e. The number of halogens is 1. The van der Waals surface area contributed by atoms with E-state index in [1.54, 1.807) is 48.5 Å². The second-order valence-electron chi connectivity index (χ2n) is 6.32. The lowest BCUT2D eigenvalue weighted by atomic mass is 10.1. The number of para-hydroxylation sites is 1. The lowest BCUT2D eigenvalue weighted by molar-refractivity contribution is -0.149. The van der Waals surface area contributed by atoms with Gasteiger partial charge >= 0.3 is 5.97 Å². The Morgan fingerprint density at radius 1 is 1.07 bits per heavy atom. The molecule has 150 valence electrons. The molecule has 2 aromatic rings. The first-order chi connectivity index (χ1) is 13.9. The fraction of sp³-hybridized carbons (Fsp3) is 0.200. The lowest BCUT2D eigenvalue weighted by Crippen LogP contribution is -2.36. The van der Waals surface area contributed by atoms with Gasteiger partial charge in [-0.15, -0.1) is 0 Å². The van der Waals surface area contributed by atoms with E-state index in [0.717, 1.165) is 0 Å². The molecule has 8 nitrogen and oxygen atoms in total. The molecule has 0 unspecified atom stereocenters. The first-order valence-corrected chi connectivity index (χ1v) is 9.22. The zero-order valence-corrected chi connectivity index (χ0v) is 16.0. The third-order valence-electron chi connectivity index (χ3n) is 4.17. The summed E-state index contributed by atoms with van der Waals surface area (Å²) in [5.41, 5.74) is 1.06. The molecule has 1 atom stereocenters. The second kappa shape index (κ2) is 9.20. The summed E-state index contributed by atoms with van der Waals surface area (Å²) in [6.45, 7) is -0.529. The van der Waals surface area contributed by atoms with Crippen LogP contribution in [0.2, 0.25) is 5.02 Å². The zero-order chi connectivity index (χ0) is 20.8. The Morgan fingerprint density at radius 3 is 2.48 bits per heavy atom. The van der Waals surface area contributed by atoms with Crippen LogP contribution in [0.4, 0.5) is 11.4 Å². The minimum Gasteiger partial charge on any atom is -0.454 e. The smallest absolute Gasteiger partial charge is 0.329 e. The van der Waals surface area contributed by atoms with E-state index in [0.29, 0.717) is 17.1 Å². The van der Waals surface area contributed by atoms with E-state index < -0.39 is 30.4 Å². The van der Waals surface area contributed by atoms with Crippen LogP contribution in [0.5, 0.6) is 0 Å². The van der Waals surface area contributed by atoms with Crippen molar-refractivity contribution in [3.8, 4) is 0 Å². The van der Waals surface area contributed by atoms with E-state index >= 15 is 0 Å². The Hall–Kier alpha value is -3.39. The summed E-state index contributed by atoms with van der Waals surface area (Å²) in [4.78, 5) is 47.7. The molecule has 2 aromatic carbocycles. The maximum atomic E-state index is 12.6. The number of ether oxygens (including phenoxy) is 1. The Labute approximate surface area is 171 Å². The number of amides is 3. The molecule has 1 fully saturated rings. The number of anilines is 2. The zero-order valence-electron chi connectivity index (χ0n) is 15.2. The predicted octanol–water partition coefficient (Wildman–Crippen LogP) is 2.35. The fourth-order valence-corrected chi connectivity index (χ4v) is 2.86. The van der Waals surface area contributed by atoms with Crippen molar-refractivity contribution in [3.63, 3.8) is 0 Å². The number of esters is 1. The minimum atomic E-state index is -0.729. The summed E-state index contributed by atoms with van der Waals surface area (Å²) in [6.07, 6.45) is 0.592. The first kappa shape index (κ1) is 20.3. The van der Waals surface area contributed by atoms with E-state index in [4.69, 9.17) is 16.3 Å². The summed E-state index contributed by atoms with van der Waals surface area (Å²) in [6, 6.07) is 12.3. The highest BCUT2D eigenvalue weighted by Crippen LogP contribution is 2.19. The van der Waals surface area contributed by atoms with E-state index in [-0.39, 0.29) is 23.6 Å². The van der Waals surface area contributed by atoms with Crippen molar-refractivity contribution in [1.82, 2.24) is 5.32 Å². The van der Waals surface area contributed by atoms with E-state index in [9.17, 15) is 19.2 Å². The highest BCUT2D eigenvalue weighted by molar-refractivity contribution is 6.30. The molecule has 0 radical (unpaired) electrons. The molecule has 1 heterocycles. The Morgan fingerprint density at radius 2 is 1.79 bits per heavy atom. The van der Waals surface area contributed by atoms with Crippen LogP contribution in [0.1, 0.15) is 23.2 Å². The summed E-state index contributed by atoms with van der Waals surface area (Å²) in [5.74, 6) is -1.92. The molecule has 3 amide bonds. The van der Waals surface area contributed by atoms with Gasteiger partial charge in [0.15, 0.2) is 6.61 Å². The first-order valence-electron chi connectivity index (χ1n) is 8.84. The monoisotopic (exact) mass is 415 g/mol. The number of hydrogen-bond donors (Lipinski definition) is 3. The molecule has 1 aliphatic heterocycles. The normalized spacial score (nSPS) is 15.3. The maximum absolute atomic E-state index is 12.6. The standard InChI is InChI=1S/C20H18ClN3O5/c21-12-5-7-13(8-6-12)22-19(27)14-3-1-2-4-15(14)23-18(26)11-29-20(28)16-9-10-17(25)24-16/h1-8,16H,9-11H2,(H,22,27)(H,23,26)(H,24,25)/t16-/m0/s1. The predicted molar refractivity (Wildman–Crippen MR) is 107 cm³/mol. The van der Waals surface area contributed by atoms with Gasteiger partial charge in [0.25, 0.3) is 11.8 Å². The van der Waals surface area contributed by atoms with Crippen LogP contribution in [0.15, 0.2) is 48.5 Å². The molecule has 3 rings (SSSR count). The van der Waals surface area contributed by atoms with Crippen molar-refractivity contribution >= 4 is 46.7 Å². The SMILES string of the molecule is O=C(COC(=O)[C@@H]1CCC(=O)N1)Nc1ccccc1C(=O)Nc1ccc(Cl)cc1. The minimum absolute atomic E-state index is 0.225. The number of carbonyl (C=O) groups excluding carboxylic acids is 4. The van der Waals surface area contributed by atoms with Crippen LogP contribution in [0.3, 0.4) is 0 Å². The molecular formula is C20H18ClN3O5. The van der Waals surface area contributed by atoms with Crippen molar-refractivity contribution in [1.29, 1.82) is 0 Å². The Kier molecular flexibility index (Phi) is 6.46. The number of hydrogen-bond acceptors (Lipinski definition) is 5. The number of rotatable bonds is 6. The highest BCUT2D eigenvalue weighted by atomic mass is 35.5. The van der Waals surface area contributed by atoms with Crippen LogP contribution < -0.4 is 16.0 Å². The van der Waals surface area contributed by atoms with Crippen LogP contribution in [0, 0.1) is 0 Å². The van der Waals surface area contributed by atoms with E-state index in [1.807, 2.05) is 0 Å². The molecule has 0 aliphatic carbocycles. The van der Waals surface area contributed by atoms with Crippen molar-refractivity contribution in [2.45, 2.75) is 18.9 Å². The number of carbonyl (C=O) groups is 4. The van der Waals surface area contributed by atoms with Crippen molar-refractivity contribution < 1.29 is 23.9 Å². The average Bonchev–Trinajstić information content (AvgIpc) is 3.15. The van der Waals surface area contributed by atoms with Crippen LogP contribution in [-0.2, 0) is 19.1 Å². The molecule has 3 N–H and O–H groups in total. The summed E-state index contributed by atoms with van der Waals surface area (Å²) in [5, 5.41) is 8.29. The van der Waals surface area contributed by atoms with Gasteiger partial charge in [0, 0.05) is 17.1 Å². The Balaban J connectivity index is 1.58. The molecule has 1 saturated heterocycles. The molecule has 0 saturated carbocycles. The van der Waals surface area contributed by atoms with Crippen molar-refractivity contribution in [2.24, 2.45) is 0 Å². The lowest BCUT2D eigenvalue weighted by Gasteiger charge is -2.13.